The maximum atomic E-state index is 5.25. The van der Waals surface area contributed by atoms with Crippen molar-refractivity contribution < 1.29 is 9.47 Å². The van der Waals surface area contributed by atoms with E-state index in [0.717, 1.165) is 22.9 Å². The fourth-order valence-electron chi connectivity index (χ4n) is 1.81. The van der Waals surface area contributed by atoms with E-state index in [9.17, 15) is 0 Å². The van der Waals surface area contributed by atoms with Crippen molar-refractivity contribution in [3.8, 4) is 11.5 Å². The quantitative estimate of drug-likeness (QED) is 0.917. The molecule has 0 aliphatic heterocycles. The molecule has 0 aliphatic carbocycles. The van der Waals surface area contributed by atoms with Gasteiger partial charge in [-0.3, -0.25) is 0 Å². The van der Waals surface area contributed by atoms with Crippen molar-refractivity contribution in [2.45, 2.75) is 32.9 Å². The molecule has 2 rings (SSSR count). The molecule has 21 heavy (non-hydrogen) atoms. The van der Waals surface area contributed by atoms with Crippen LogP contribution in [0.15, 0.2) is 24.4 Å². The molecule has 1 N–H and O–H groups in total. The summed E-state index contributed by atoms with van der Waals surface area (Å²) in [4.78, 5) is 0. The topological polar surface area (TPSA) is 61.2 Å². The summed E-state index contributed by atoms with van der Waals surface area (Å²) in [6, 6.07) is 5.66. The van der Waals surface area contributed by atoms with Gasteiger partial charge in [0.25, 0.3) is 0 Å². The van der Waals surface area contributed by atoms with Gasteiger partial charge in [-0.05, 0) is 20.8 Å². The predicted molar refractivity (Wildman–Crippen MR) is 81.9 cm³/mol. The highest BCUT2D eigenvalue weighted by Gasteiger charge is 2.14. The fraction of sp³-hybridized carbons (Fsp3) is 0.467. The molecule has 0 unspecified atom stereocenters. The van der Waals surface area contributed by atoms with E-state index < -0.39 is 0 Å². The zero-order chi connectivity index (χ0) is 15.5. The normalized spacial score (nSPS) is 11.3. The number of ether oxygens (including phenoxy) is 2. The van der Waals surface area contributed by atoms with Crippen LogP contribution >= 0.6 is 0 Å². The molecular formula is C15H22N4O2. The van der Waals surface area contributed by atoms with Crippen LogP contribution in [0.1, 0.15) is 26.5 Å². The Morgan fingerprint density at radius 3 is 2.19 bits per heavy atom. The molecule has 0 amide bonds. The first kappa shape index (κ1) is 15.2. The minimum absolute atomic E-state index is 0.0650. The summed E-state index contributed by atoms with van der Waals surface area (Å²) < 4.78 is 12.3. The third kappa shape index (κ3) is 3.87. The molecule has 0 radical (unpaired) electrons. The summed E-state index contributed by atoms with van der Waals surface area (Å²) in [6.07, 6.45) is 1.95. The molecule has 114 valence electrons. The summed E-state index contributed by atoms with van der Waals surface area (Å²) in [6.45, 7) is 6.86. The van der Waals surface area contributed by atoms with Crippen LogP contribution in [-0.2, 0) is 12.1 Å². The lowest BCUT2D eigenvalue weighted by Crippen LogP contribution is -2.22. The smallest absolute Gasteiger partial charge is 0.124 e. The summed E-state index contributed by atoms with van der Waals surface area (Å²) in [5.41, 5.74) is 1.73. The minimum Gasteiger partial charge on any atom is -0.497 e. The lowest BCUT2D eigenvalue weighted by molar-refractivity contribution is 0.347. The molecule has 0 atom stereocenters. The molecule has 1 aromatic heterocycles. The third-order valence-electron chi connectivity index (χ3n) is 3.05. The van der Waals surface area contributed by atoms with E-state index in [4.69, 9.17) is 9.47 Å². The third-order valence-corrected chi connectivity index (χ3v) is 3.05. The number of nitrogens with zero attached hydrogens (tertiary/aromatic N) is 3. The number of benzene rings is 1. The zero-order valence-corrected chi connectivity index (χ0v) is 13.2. The molecule has 0 bridgehead atoms. The van der Waals surface area contributed by atoms with Crippen molar-refractivity contribution in [2.75, 3.05) is 19.5 Å². The van der Waals surface area contributed by atoms with E-state index in [1.807, 2.05) is 29.1 Å². The minimum atomic E-state index is -0.0650. The number of rotatable bonds is 5. The number of methoxy groups -OCH3 is 2. The number of hydrogen-bond donors (Lipinski definition) is 1. The van der Waals surface area contributed by atoms with Crippen molar-refractivity contribution in [1.82, 2.24) is 15.0 Å². The predicted octanol–water partition coefficient (Wildman–Crippen LogP) is 2.66. The Kier molecular flexibility index (Phi) is 4.35. The molecule has 6 heteroatoms. The van der Waals surface area contributed by atoms with E-state index in [1.54, 1.807) is 14.2 Å². The van der Waals surface area contributed by atoms with E-state index in [2.05, 4.69) is 36.4 Å². The molecule has 0 spiro atoms. The summed E-state index contributed by atoms with van der Waals surface area (Å²) in [7, 11) is 3.26. The molecule has 1 heterocycles. The fourth-order valence-corrected chi connectivity index (χ4v) is 1.81. The first-order valence-electron chi connectivity index (χ1n) is 6.81. The van der Waals surface area contributed by atoms with Gasteiger partial charge in [-0.2, -0.15) is 0 Å². The van der Waals surface area contributed by atoms with Gasteiger partial charge in [0.15, 0.2) is 0 Å². The van der Waals surface area contributed by atoms with E-state index in [0.29, 0.717) is 6.54 Å². The van der Waals surface area contributed by atoms with Gasteiger partial charge in [0, 0.05) is 23.9 Å². The largest absolute Gasteiger partial charge is 0.497 e. The van der Waals surface area contributed by atoms with Crippen LogP contribution in [-0.4, -0.2) is 29.2 Å². The maximum absolute atomic E-state index is 5.25. The number of nitrogens with one attached hydrogen (secondary N) is 1. The Labute approximate surface area is 125 Å². The van der Waals surface area contributed by atoms with Crippen LogP contribution in [0.2, 0.25) is 0 Å². The summed E-state index contributed by atoms with van der Waals surface area (Å²) >= 11 is 0. The maximum Gasteiger partial charge on any atom is 0.124 e. The molecule has 2 aromatic rings. The van der Waals surface area contributed by atoms with Crippen LogP contribution in [0.5, 0.6) is 11.5 Å². The highest BCUT2D eigenvalue weighted by Crippen LogP contribution is 2.26. The van der Waals surface area contributed by atoms with Gasteiger partial charge < -0.3 is 14.8 Å². The van der Waals surface area contributed by atoms with E-state index in [-0.39, 0.29) is 5.54 Å². The Morgan fingerprint density at radius 1 is 1.10 bits per heavy atom. The monoisotopic (exact) mass is 290 g/mol. The highest BCUT2D eigenvalue weighted by molar-refractivity contribution is 5.53. The van der Waals surface area contributed by atoms with Crippen LogP contribution in [0.4, 0.5) is 5.69 Å². The number of hydrogen-bond acceptors (Lipinski definition) is 5. The number of aromatic nitrogens is 3. The highest BCUT2D eigenvalue weighted by atomic mass is 16.5. The molecular weight excluding hydrogens is 268 g/mol. The van der Waals surface area contributed by atoms with Crippen LogP contribution in [0, 0.1) is 0 Å². The summed E-state index contributed by atoms with van der Waals surface area (Å²) in [5, 5.41) is 11.6. The van der Waals surface area contributed by atoms with Gasteiger partial charge in [0.1, 0.15) is 17.2 Å². The molecule has 0 aliphatic rings. The molecule has 6 nitrogen and oxygen atoms in total. The second-order valence-corrected chi connectivity index (χ2v) is 5.78. The van der Waals surface area contributed by atoms with Crippen molar-refractivity contribution in [1.29, 1.82) is 0 Å². The standard InChI is InChI=1S/C15H22N4O2/c1-15(2,3)19-10-12(17-18-19)9-16-11-6-13(20-4)8-14(7-11)21-5/h6-8,10,16H,9H2,1-5H3. The van der Waals surface area contributed by atoms with Crippen LogP contribution in [0.3, 0.4) is 0 Å². The molecule has 0 saturated carbocycles. The molecule has 0 fully saturated rings. The van der Waals surface area contributed by atoms with Gasteiger partial charge in [0.05, 0.1) is 32.5 Å². The zero-order valence-electron chi connectivity index (χ0n) is 13.2. The lowest BCUT2D eigenvalue weighted by Gasteiger charge is -2.17. The van der Waals surface area contributed by atoms with Gasteiger partial charge in [-0.25, -0.2) is 4.68 Å². The van der Waals surface area contributed by atoms with Crippen LogP contribution < -0.4 is 14.8 Å². The second-order valence-electron chi connectivity index (χ2n) is 5.78. The molecule has 0 saturated heterocycles. The van der Waals surface area contributed by atoms with Crippen LogP contribution in [0.25, 0.3) is 0 Å². The van der Waals surface area contributed by atoms with Crippen molar-refractivity contribution >= 4 is 5.69 Å². The van der Waals surface area contributed by atoms with Gasteiger partial charge in [0.2, 0.25) is 0 Å². The molecule has 1 aromatic carbocycles. The van der Waals surface area contributed by atoms with Crippen molar-refractivity contribution in [2.24, 2.45) is 0 Å². The Balaban J connectivity index is 2.07. The first-order valence-corrected chi connectivity index (χ1v) is 6.81. The Morgan fingerprint density at radius 2 is 1.71 bits per heavy atom. The second kappa shape index (κ2) is 6.03. The average Bonchev–Trinajstić information content (AvgIpc) is 2.93. The van der Waals surface area contributed by atoms with Gasteiger partial charge >= 0.3 is 0 Å². The Bertz CT molecular complexity index is 580. The lowest BCUT2D eigenvalue weighted by atomic mass is 10.1. The first-order chi connectivity index (χ1) is 9.92. The number of anilines is 1. The van der Waals surface area contributed by atoms with Crippen molar-refractivity contribution in [3.05, 3.63) is 30.1 Å². The summed E-state index contributed by atoms with van der Waals surface area (Å²) in [5.74, 6) is 1.49. The van der Waals surface area contributed by atoms with E-state index in [1.165, 1.54) is 0 Å². The van der Waals surface area contributed by atoms with Gasteiger partial charge in [-0.1, -0.05) is 5.21 Å². The van der Waals surface area contributed by atoms with E-state index >= 15 is 0 Å². The van der Waals surface area contributed by atoms with Crippen molar-refractivity contribution in [3.63, 3.8) is 0 Å². The SMILES string of the molecule is COc1cc(NCc2cn(C(C)(C)C)nn2)cc(OC)c1. The Hall–Kier alpha value is -2.24. The average molecular weight is 290 g/mol. The van der Waals surface area contributed by atoms with Gasteiger partial charge in [-0.15, -0.1) is 5.10 Å².